The van der Waals surface area contributed by atoms with E-state index in [4.69, 9.17) is 121 Å². The molecule has 38 N–H and O–H groups in total. The van der Waals surface area contributed by atoms with Crippen LogP contribution in [0, 0.1) is 5.92 Å². The standard InChI is InChI=1S/C32H58N2O19.C31H56N2O20.C25H46N2O15/c1-12-19(39)21(41)15(9-35)48-29(12)52-27-22(42)16(10-36)49-32(28(27)53-31-25(45)24(44)20(40)13(2)47-31)51-26-17(11-37)50-30(46-8-6-4-5-7-33)18(23(26)43)34-14(3)38;1-11-17(38)21(42)23(44)29(47-11)53-27-26(52-30-24(45)22(43)18(39)13(8-34)48-30)19(40)14(9-35)49-31(27)51-25-15(10-36)50-28(46-7-5-3-4-6-32)16(20(25)41)33-12(2)37;1-10-15(31)18(34)20(36)24(38-10)42-22-19(35)16(32)12(8-28)39-25(22)41-21-13(9-29)40-23(37-7-5-3-4-6-26)14(17(21)33)27-11(2)30/h12-13,15-32,35-37,39-45H,4-11,33H2,1-3H3,(H,34,38);11,13-31,34-36,38-45H,3-10,32H2,1-2H3,(H,33,37);10,12-25,28-29,31-36H,3-9,26H2,1-2H3,(H,27,30)/t12?,13?,15?,16?,17-,18?,19+,20+,21-,22-,23?,24-,25?,26+,27-,28?,29+,30+,31-,32-;11?,13?,14?,15-,16?,17+,18-,19-,20?,21-,22-,23?,24?,25+,26-,27?,28+,29-,30+,31-;10?,12?,13-,14?,15+,16-,17?,18-,19-,20?,21+,22?,23+,24-,25-/m000/s1. The number of carbonyl (C=O) groups is 3. The van der Waals surface area contributed by atoms with E-state index in [2.05, 4.69) is 16.0 Å². The predicted molar refractivity (Wildman–Crippen MR) is 483 cm³/mol. The molecule has 11 aliphatic heterocycles. The van der Waals surface area contributed by atoms with Gasteiger partial charge >= 0.3 is 0 Å². The van der Waals surface area contributed by atoms with Crippen molar-refractivity contribution in [2.45, 2.75) is 438 Å². The third-order valence-corrected chi connectivity index (χ3v) is 27.3. The van der Waals surface area contributed by atoms with Crippen LogP contribution in [0.15, 0.2) is 0 Å². The maximum atomic E-state index is 12.2. The van der Waals surface area contributed by atoms with Gasteiger partial charge in [-0.25, -0.2) is 0 Å². The first-order chi connectivity index (χ1) is 70.3. The summed E-state index contributed by atoms with van der Waals surface area (Å²) < 4.78 is 128. The lowest BCUT2D eigenvalue weighted by Gasteiger charge is -2.51. The maximum Gasteiger partial charge on any atom is 0.217 e. The largest absolute Gasteiger partial charge is 0.394 e. The lowest BCUT2D eigenvalue weighted by Crippen LogP contribution is -2.69. The summed E-state index contributed by atoms with van der Waals surface area (Å²) in [5, 5.41) is 313. The Balaban J connectivity index is 0.000000249. The fourth-order valence-corrected chi connectivity index (χ4v) is 18.5. The number of nitrogens with two attached hydrogens (primary N) is 3. The van der Waals surface area contributed by atoms with Crippen molar-refractivity contribution in [3.63, 3.8) is 0 Å². The zero-order chi connectivity index (χ0) is 109. The minimum atomic E-state index is -1.98. The number of aliphatic hydroxyl groups is 29. The zero-order valence-electron chi connectivity index (χ0n) is 82.9. The van der Waals surface area contributed by atoms with E-state index in [1.165, 1.54) is 48.5 Å². The molecule has 22 unspecified atom stereocenters. The van der Waals surface area contributed by atoms with Gasteiger partial charge in [-0.2, -0.15) is 0 Å². The van der Waals surface area contributed by atoms with Gasteiger partial charge in [-0.15, -0.1) is 0 Å². The van der Waals surface area contributed by atoms with Crippen LogP contribution in [0.3, 0.4) is 0 Å². The molecule has 0 spiro atoms. The topological polar surface area (TPSA) is 955 Å². The second-order valence-corrected chi connectivity index (χ2v) is 38.2. The molecule has 60 heteroatoms. The summed E-state index contributed by atoms with van der Waals surface area (Å²) >= 11 is 0. The molecule has 11 aliphatic rings. The Morgan fingerprint density at radius 3 is 0.730 bits per heavy atom. The Kier molecular flexibility index (Phi) is 52.5. The van der Waals surface area contributed by atoms with Crippen molar-refractivity contribution < 1.29 is 267 Å². The van der Waals surface area contributed by atoms with E-state index in [1.807, 2.05) is 0 Å². The van der Waals surface area contributed by atoms with Crippen LogP contribution in [0.2, 0.25) is 0 Å². The van der Waals surface area contributed by atoms with E-state index in [9.17, 15) is 162 Å². The van der Waals surface area contributed by atoms with Crippen molar-refractivity contribution >= 4 is 17.7 Å². The van der Waals surface area contributed by atoms with E-state index in [0.29, 0.717) is 38.9 Å². The number of hydrogen-bond acceptors (Lipinski definition) is 57. The SMILES string of the molecule is CC(=O)NC1C(O)[C@H](O[C@@H]2OC(CO)[C@H](O)[C@H](O)C2O[C@@H]2OC(C)[C@@H](O)[C@H](O)C2O)[C@H](CO)O[C@H]1OCCCCCN.CC(=O)NC1C(O)[C@H](O[C@@H]2OC(CO)[C@H](O)[C@H](O[C@H]3OC(CO)[C@H](O)[C@H](O)C3C)C2O[C@@H]2OC(C)[C@@H](O)[C@H](O)C2O)[C@H](CO)O[C@H]1OCCCCCN.CC(=O)NC1C(O)[C@H](O[C@@H]2OC(CO)[C@H](O)[C@H](O[C@H]3OC(CO)[C@H](O)[C@H](O)C3O)C2O[C@@H]2OC(C)[C@@H](O)[C@H](O)C2O)[C@H](CO)O[C@H]1OCCCCCN. The molecule has 3 amide bonds. The summed E-state index contributed by atoms with van der Waals surface area (Å²) in [7, 11) is 0. The van der Waals surface area contributed by atoms with Gasteiger partial charge in [0.1, 0.15) is 238 Å². The summed E-state index contributed by atoms with van der Waals surface area (Å²) in [6, 6.07) is -3.69. The molecule has 11 saturated heterocycles. The van der Waals surface area contributed by atoms with Crippen molar-refractivity contribution in [2.75, 3.05) is 92.3 Å². The third kappa shape index (κ3) is 32.1. The highest BCUT2D eigenvalue weighted by Crippen LogP contribution is 2.42. The predicted octanol–water partition coefficient (Wildman–Crippen LogP) is -18.8. The van der Waals surface area contributed by atoms with Gasteiger partial charge in [-0.05, 0) is 98.2 Å². The Labute approximate surface area is 850 Å². The van der Waals surface area contributed by atoms with Gasteiger partial charge in [0.25, 0.3) is 0 Å². The average Bonchev–Trinajstić information content (AvgIpc) is 0.767. The van der Waals surface area contributed by atoms with Gasteiger partial charge in [0.05, 0.1) is 77.3 Å². The quantitative estimate of drug-likeness (QED) is 0.0252. The number of aliphatic hydroxyl groups excluding tert-OH is 29. The molecule has 55 atom stereocenters. The summed E-state index contributed by atoms with van der Waals surface area (Å²) in [5.41, 5.74) is 16.6. The van der Waals surface area contributed by atoms with Crippen LogP contribution in [0.5, 0.6) is 0 Å². The molecule has 0 radical (unpaired) electrons. The van der Waals surface area contributed by atoms with Crippen molar-refractivity contribution in [1.82, 2.24) is 16.0 Å². The lowest BCUT2D eigenvalue weighted by molar-refractivity contribution is -0.402. The second kappa shape index (κ2) is 60.9. The molecular formula is C88H160N6O54. The van der Waals surface area contributed by atoms with Gasteiger partial charge < -0.3 is 285 Å². The Bertz CT molecular complexity index is 3620. The van der Waals surface area contributed by atoms with Gasteiger partial charge in [0.2, 0.25) is 17.7 Å². The van der Waals surface area contributed by atoms with Gasteiger partial charge in [0.15, 0.2) is 69.2 Å². The van der Waals surface area contributed by atoms with E-state index in [-0.39, 0.29) is 19.8 Å². The minimum absolute atomic E-state index is 0.147. The van der Waals surface area contributed by atoms with E-state index >= 15 is 0 Å². The summed E-state index contributed by atoms with van der Waals surface area (Å²) in [4.78, 5) is 36.4. The molecule has 0 aromatic rings. The molecule has 11 rings (SSSR count). The number of hydrogen-bond donors (Lipinski definition) is 35. The van der Waals surface area contributed by atoms with Crippen LogP contribution in [-0.4, -0.2) is 590 Å². The Morgan fingerprint density at radius 2 is 0.439 bits per heavy atom. The minimum Gasteiger partial charge on any atom is -0.394 e. The third-order valence-electron chi connectivity index (χ3n) is 27.3. The molecule has 866 valence electrons. The van der Waals surface area contributed by atoms with Crippen LogP contribution >= 0.6 is 0 Å². The lowest BCUT2D eigenvalue weighted by atomic mass is 9.91. The number of nitrogens with one attached hydrogen (secondary N) is 3. The highest BCUT2D eigenvalue weighted by molar-refractivity contribution is 5.74. The highest BCUT2D eigenvalue weighted by atomic mass is 16.8. The molecule has 0 bridgehead atoms. The number of amides is 3. The van der Waals surface area contributed by atoms with Crippen molar-refractivity contribution in [2.24, 2.45) is 23.1 Å². The maximum absolute atomic E-state index is 12.2. The van der Waals surface area contributed by atoms with E-state index in [1.54, 1.807) is 0 Å². The van der Waals surface area contributed by atoms with Crippen LogP contribution in [0.4, 0.5) is 0 Å². The molecule has 11 fully saturated rings. The first-order valence-corrected chi connectivity index (χ1v) is 49.7. The molecule has 0 aliphatic carbocycles. The number of unbranched alkanes of at least 4 members (excludes halogenated alkanes) is 6. The molecule has 0 aromatic carbocycles. The van der Waals surface area contributed by atoms with Gasteiger partial charge in [-0.3, -0.25) is 14.4 Å². The van der Waals surface area contributed by atoms with Gasteiger partial charge in [0, 0.05) is 46.5 Å². The van der Waals surface area contributed by atoms with Crippen LogP contribution in [0.1, 0.15) is 106 Å². The second-order valence-electron chi connectivity index (χ2n) is 38.2. The Hall–Kier alpha value is -3.75. The van der Waals surface area contributed by atoms with Crippen molar-refractivity contribution in [1.29, 1.82) is 0 Å². The summed E-state index contributed by atoms with van der Waals surface area (Å²) in [6.07, 6.45) is -74.9. The molecule has 0 aromatic heterocycles. The highest BCUT2D eigenvalue weighted by Gasteiger charge is 2.62. The molecule has 148 heavy (non-hydrogen) atoms. The molecule has 11 heterocycles. The number of ether oxygens (including phenoxy) is 22. The first kappa shape index (κ1) is 128. The van der Waals surface area contributed by atoms with Crippen LogP contribution < -0.4 is 33.2 Å². The van der Waals surface area contributed by atoms with Crippen molar-refractivity contribution in [3.8, 4) is 0 Å². The Morgan fingerprint density at radius 1 is 0.216 bits per heavy atom. The van der Waals surface area contributed by atoms with E-state index in [0.717, 1.165) is 38.5 Å². The average molecular weight is 2170 g/mol. The fourth-order valence-electron chi connectivity index (χ4n) is 18.5. The monoisotopic (exact) mass is 2160 g/mol. The van der Waals surface area contributed by atoms with Gasteiger partial charge in [-0.1, -0.05) is 6.92 Å². The summed E-state index contributed by atoms with van der Waals surface area (Å²) in [6.45, 7) is 5.01. The summed E-state index contributed by atoms with van der Waals surface area (Å²) in [5.74, 6) is -2.65. The fraction of sp³-hybridized carbons (Fsp3) is 0.966. The normalized spacial score (nSPS) is 46.0. The number of rotatable bonds is 45. The smallest absolute Gasteiger partial charge is 0.217 e. The van der Waals surface area contributed by atoms with Crippen LogP contribution in [0.25, 0.3) is 0 Å². The van der Waals surface area contributed by atoms with Crippen LogP contribution in [-0.2, 0) is 119 Å². The molecule has 0 saturated carbocycles. The molecular weight excluding hydrogens is 2000 g/mol. The van der Waals surface area contributed by atoms with Crippen molar-refractivity contribution in [3.05, 3.63) is 0 Å². The zero-order valence-corrected chi connectivity index (χ0v) is 82.9. The molecule has 60 nitrogen and oxygen atoms in total. The van der Waals surface area contributed by atoms with E-state index < -0.39 is 408 Å². The number of carbonyl (C=O) groups excluding carboxylic acids is 3. The first-order valence-electron chi connectivity index (χ1n) is 49.7.